The Bertz CT molecular complexity index is 220. The summed E-state index contributed by atoms with van der Waals surface area (Å²) in [4.78, 5) is 14.0. The Labute approximate surface area is 93.2 Å². The number of rotatable bonds is 3. The van der Waals surface area contributed by atoms with Crippen molar-refractivity contribution in [2.24, 2.45) is 5.41 Å². The number of nitrogens with zero attached hydrogens (tertiary/aromatic N) is 1. The average Bonchev–Trinajstić information content (AvgIpc) is 2.61. The third-order valence-corrected chi connectivity index (χ3v) is 3.16. The molecule has 15 heavy (non-hydrogen) atoms. The highest BCUT2D eigenvalue weighted by Crippen LogP contribution is 2.32. The van der Waals surface area contributed by atoms with Gasteiger partial charge in [-0.15, -0.1) is 0 Å². The highest BCUT2D eigenvalue weighted by molar-refractivity contribution is 5.77. The summed E-state index contributed by atoms with van der Waals surface area (Å²) in [6, 6.07) is 0.432. The molecular formula is C12H24N2O. The summed E-state index contributed by atoms with van der Waals surface area (Å²) in [5.74, 6) is 0.307. The van der Waals surface area contributed by atoms with E-state index in [9.17, 15) is 4.79 Å². The van der Waals surface area contributed by atoms with Crippen LogP contribution in [-0.4, -0.2) is 37.0 Å². The van der Waals surface area contributed by atoms with E-state index in [1.807, 2.05) is 7.05 Å². The van der Waals surface area contributed by atoms with Crippen molar-refractivity contribution < 1.29 is 4.79 Å². The van der Waals surface area contributed by atoms with Crippen LogP contribution >= 0.6 is 0 Å². The van der Waals surface area contributed by atoms with Gasteiger partial charge in [-0.2, -0.15) is 0 Å². The molecular weight excluding hydrogens is 188 g/mol. The van der Waals surface area contributed by atoms with Crippen LogP contribution in [0.2, 0.25) is 0 Å². The molecule has 3 heteroatoms. The normalized spacial score (nSPS) is 22.1. The minimum atomic E-state index is 0.214. The van der Waals surface area contributed by atoms with Crippen molar-refractivity contribution in [2.75, 3.05) is 20.1 Å². The van der Waals surface area contributed by atoms with E-state index in [4.69, 9.17) is 0 Å². The Kier molecular flexibility index (Phi) is 4.14. The number of nitrogens with one attached hydrogen (secondary N) is 1. The monoisotopic (exact) mass is 212 g/mol. The van der Waals surface area contributed by atoms with Crippen LogP contribution in [0.15, 0.2) is 0 Å². The molecule has 88 valence electrons. The number of hydrogen-bond donors (Lipinski definition) is 1. The maximum absolute atomic E-state index is 11.9. The van der Waals surface area contributed by atoms with Gasteiger partial charge >= 0.3 is 0 Å². The van der Waals surface area contributed by atoms with Gasteiger partial charge in [0.1, 0.15) is 0 Å². The maximum Gasteiger partial charge on any atom is 0.224 e. The Morgan fingerprint density at radius 3 is 2.67 bits per heavy atom. The summed E-state index contributed by atoms with van der Waals surface area (Å²) in [6.07, 6.45) is 2.95. The molecule has 1 saturated heterocycles. The van der Waals surface area contributed by atoms with E-state index in [2.05, 4.69) is 31.0 Å². The molecule has 1 aliphatic heterocycles. The lowest BCUT2D eigenvalue weighted by Gasteiger charge is -2.35. The molecule has 1 atom stereocenters. The summed E-state index contributed by atoms with van der Waals surface area (Å²) >= 11 is 0. The van der Waals surface area contributed by atoms with E-state index in [-0.39, 0.29) is 5.41 Å². The van der Waals surface area contributed by atoms with Crippen molar-refractivity contribution in [3.63, 3.8) is 0 Å². The summed E-state index contributed by atoms with van der Waals surface area (Å²) < 4.78 is 0. The molecule has 1 aliphatic rings. The minimum absolute atomic E-state index is 0.214. The van der Waals surface area contributed by atoms with Crippen LogP contribution in [-0.2, 0) is 4.79 Å². The van der Waals surface area contributed by atoms with Crippen molar-refractivity contribution in [1.82, 2.24) is 10.2 Å². The first kappa shape index (κ1) is 12.5. The number of amides is 1. The van der Waals surface area contributed by atoms with Crippen molar-refractivity contribution >= 4 is 5.91 Å². The standard InChI is InChI=1S/C12H24N2O/c1-12(2,3)10-6-5-9-14(10)11(15)7-8-13-4/h10,13H,5-9H2,1-4H3. The Balaban J connectivity index is 2.56. The topological polar surface area (TPSA) is 32.3 Å². The van der Waals surface area contributed by atoms with E-state index >= 15 is 0 Å². The van der Waals surface area contributed by atoms with Gasteiger partial charge in [0.05, 0.1) is 0 Å². The van der Waals surface area contributed by atoms with Crippen LogP contribution in [0.1, 0.15) is 40.0 Å². The van der Waals surface area contributed by atoms with E-state index < -0.39 is 0 Å². The van der Waals surface area contributed by atoms with Crippen molar-refractivity contribution in [1.29, 1.82) is 0 Å². The van der Waals surface area contributed by atoms with E-state index in [1.165, 1.54) is 0 Å². The van der Waals surface area contributed by atoms with Gasteiger partial charge in [-0.05, 0) is 25.3 Å². The summed E-state index contributed by atoms with van der Waals surface area (Å²) in [5.41, 5.74) is 0.214. The number of hydrogen-bond acceptors (Lipinski definition) is 2. The van der Waals surface area contributed by atoms with Gasteiger partial charge in [-0.25, -0.2) is 0 Å². The van der Waals surface area contributed by atoms with Gasteiger partial charge < -0.3 is 10.2 Å². The Hall–Kier alpha value is -0.570. The third-order valence-electron chi connectivity index (χ3n) is 3.16. The molecule has 3 nitrogen and oxygen atoms in total. The highest BCUT2D eigenvalue weighted by Gasteiger charge is 2.36. The minimum Gasteiger partial charge on any atom is -0.339 e. The van der Waals surface area contributed by atoms with Crippen LogP contribution in [0.4, 0.5) is 0 Å². The molecule has 1 rings (SSSR count). The van der Waals surface area contributed by atoms with Crippen LogP contribution in [0.25, 0.3) is 0 Å². The van der Waals surface area contributed by atoms with Gasteiger partial charge in [-0.3, -0.25) is 4.79 Å². The fourth-order valence-electron chi connectivity index (χ4n) is 2.34. The predicted molar refractivity (Wildman–Crippen MR) is 62.7 cm³/mol. The second-order valence-electron chi connectivity index (χ2n) is 5.46. The molecule has 0 aliphatic carbocycles. The second-order valence-corrected chi connectivity index (χ2v) is 5.46. The van der Waals surface area contributed by atoms with Gasteiger partial charge in [0, 0.05) is 25.6 Å². The number of carbonyl (C=O) groups excluding carboxylic acids is 1. The molecule has 1 fully saturated rings. The fourth-order valence-corrected chi connectivity index (χ4v) is 2.34. The number of likely N-dealkylation sites (tertiary alicyclic amines) is 1. The summed E-state index contributed by atoms with van der Waals surface area (Å²) in [6.45, 7) is 8.40. The second kappa shape index (κ2) is 4.97. The first-order valence-corrected chi connectivity index (χ1v) is 5.91. The average molecular weight is 212 g/mol. The molecule has 1 amide bonds. The van der Waals surface area contributed by atoms with Gasteiger partial charge in [-0.1, -0.05) is 20.8 Å². The first-order chi connectivity index (χ1) is 6.96. The zero-order chi connectivity index (χ0) is 11.5. The molecule has 0 saturated carbocycles. The zero-order valence-electron chi connectivity index (χ0n) is 10.5. The molecule has 1 heterocycles. The molecule has 0 aromatic heterocycles. The zero-order valence-corrected chi connectivity index (χ0v) is 10.5. The Morgan fingerprint density at radius 1 is 1.47 bits per heavy atom. The number of carbonyl (C=O) groups is 1. The summed E-state index contributed by atoms with van der Waals surface area (Å²) in [5, 5.41) is 3.03. The molecule has 0 radical (unpaired) electrons. The Morgan fingerprint density at radius 2 is 2.13 bits per heavy atom. The van der Waals surface area contributed by atoms with Crippen LogP contribution in [0.5, 0.6) is 0 Å². The first-order valence-electron chi connectivity index (χ1n) is 5.91. The molecule has 0 bridgehead atoms. The molecule has 0 aromatic rings. The lowest BCUT2D eigenvalue weighted by molar-refractivity contribution is -0.133. The third kappa shape index (κ3) is 3.20. The van der Waals surface area contributed by atoms with E-state index in [0.717, 1.165) is 25.9 Å². The SMILES string of the molecule is CNCCC(=O)N1CCCC1C(C)(C)C. The van der Waals surface area contributed by atoms with Crippen LogP contribution in [0, 0.1) is 5.41 Å². The summed E-state index contributed by atoms with van der Waals surface area (Å²) in [7, 11) is 1.89. The lowest BCUT2D eigenvalue weighted by atomic mass is 9.85. The lowest BCUT2D eigenvalue weighted by Crippen LogP contribution is -2.43. The van der Waals surface area contributed by atoms with Gasteiger partial charge in [0.2, 0.25) is 5.91 Å². The van der Waals surface area contributed by atoms with Gasteiger partial charge in [0.15, 0.2) is 0 Å². The molecule has 0 aromatic carbocycles. The van der Waals surface area contributed by atoms with Crippen LogP contribution < -0.4 is 5.32 Å². The quantitative estimate of drug-likeness (QED) is 0.771. The van der Waals surface area contributed by atoms with Gasteiger partial charge in [0.25, 0.3) is 0 Å². The molecule has 1 N–H and O–H groups in total. The smallest absolute Gasteiger partial charge is 0.224 e. The van der Waals surface area contributed by atoms with Crippen molar-refractivity contribution in [2.45, 2.75) is 46.1 Å². The maximum atomic E-state index is 11.9. The highest BCUT2D eigenvalue weighted by atomic mass is 16.2. The van der Waals surface area contributed by atoms with E-state index in [0.29, 0.717) is 18.4 Å². The fraction of sp³-hybridized carbons (Fsp3) is 0.917. The van der Waals surface area contributed by atoms with Crippen molar-refractivity contribution in [3.8, 4) is 0 Å². The largest absolute Gasteiger partial charge is 0.339 e. The van der Waals surface area contributed by atoms with Crippen LogP contribution in [0.3, 0.4) is 0 Å². The molecule has 1 unspecified atom stereocenters. The van der Waals surface area contributed by atoms with Crippen molar-refractivity contribution in [3.05, 3.63) is 0 Å². The predicted octanol–water partition coefficient (Wildman–Crippen LogP) is 1.63. The molecule has 0 spiro atoms. The van der Waals surface area contributed by atoms with E-state index in [1.54, 1.807) is 0 Å².